The molecule has 0 aliphatic heterocycles. The second-order valence-electron chi connectivity index (χ2n) is 7.84. The normalized spacial score (nSPS) is 11.0. The molecule has 0 atom stereocenters. The van der Waals surface area contributed by atoms with Crippen LogP contribution in [0.4, 0.5) is 16.2 Å². The van der Waals surface area contributed by atoms with Gasteiger partial charge in [-0.25, -0.2) is 4.79 Å². The second kappa shape index (κ2) is 9.52. The topological polar surface area (TPSA) is 153 Å². The first kappa shape index (κ1) is 23.1. The molecule has 3 N–H and O–H groups in total. The smallest absolute Gasteiger partial charge is 0.505 e. The zero-order chi connectivity index (χ0) is 25.9. The van der Waals surface area contributed by atoms with E-state index < -0.39 is 6.16 Å². The number of aromatic hydroxyl groups is 2. The SMILES string of the molecule is N#Cc1cncc(-n2c(O)c(N=Nc3cccc(-c4cccc(OC(=O)O)c4)c3O)c3ccccc32)c1. The number of carbonyl (C=O) groups is 1. The van der Waals surface area contributed by atoms with Crippen LogP contribution in [0.5, 0.6) is 17.4 Å². The van der Waals surface area contributed by atoms with Gasteiger partial charge in [-0.05, 0) is 35.9 Å². The van der Waals surface area contributed by atoms with Crippen molar-refractivity contribution in [2.45, 2.75) is 0 Å². The summed E-state index contributed by atoms with van der Waals surface area (Å²) < 4.78 is 6.22. The summed E-state index contributed by atoms with van der Waals surface area (Å²) in [5, 5.41) is 49.1. The first-order chi connectivity index (χ1) is 18.0. The molecule has 0 aliphatic rings. The first-order valence-corrected chi connectivity index (χ1v) is 10.9. The lowest BCUT2D eigenvalue weighted by Crippen LogP contribution is -2.02. The Labute approximate surface area is 209 Å². The van der Waals surface area contributed by atoms with Crippen molar-refractivity contribution >= 4 is 28.4 Å². The number of nitriles is 1. The Morgan fingerprint density at radius 2 is 1.78 bits per heavy atom. The van der Waals surface area contributed by atoms with Crippen molar-refractivity contribution in [3.05, 3.63) is 90.8 Å². The summed E-state index contributed by atoms with van der Waals surface area (Å²) in [6.07, 6.45) is 1.50. The lowest BCUT2D eigenvalue weighted by atomic mass is 10.0. The van der Waals surface area contributed by atoms with Crippen molar-refractivity contribution < 1.29 is 24.9 Å². The molecule has 0 unspecified atom stereocenters. The monoisotopic (exact) mass is 491 g/mol. The maximum absolute atomic E-state index is 11.1. The fraction of sp³-hybridized carbons (Fsp3) is 0. The van der Waals surface area contributed by atoms with E-state index in [-0.39, 0.29) is 28.8 Å². The van der Waals surface area contributed by atoms with Crippen molar-refractivity contribution in [3.63, 3.8) is 0 Å². The number of rotatable bonds is 5. The number of aromatic nitrogens is 2. The van der Waals surface area contributed by atoms with Gasteiger partial charge in [-0.15, -0.1) is 10.2 Å². The molecule has 180 valence electrons. The van der Waals surface area contributed by atoms with Gasteiger partial charge in [-0.2, -0.15) is 5.26 Å². The highest BCUT2D eigenvalue weighted by molar-refractivity contribution is 5.96. The summed E-state index contributed by atoms with van der Waals surface area (Å²) >= 11 is 0. The van der Waals surface area contributed by atoms with Gasteiger partial charge in [0.25, 0.3) is 0 Å². The molecule has 10 nitrogen and oxygen atoms in total. The number of hydrogen-bond donors (Lipinski definition) is 3. The molecule has 0 spiro atoms. The number of phenolic OH excluding ortho intramolecular Hbond substituents is 1. The minimum absolute atomic E-state index is 0.101. The third kappa shape index (κ3) is 4.40. The van der Waals surface area contributed by atoms with Crippen LogP contribution in [-0.2, 0) is 0 Å². The molecule has 0 amide bonds. The van der Waals surface area contributed by atoms with Gasteiger partial charge in [-0.1, -0.05) is 42.5 Å². The Balaban J connectivity index is 1.57. The third-order valence-electron chi connectivity index (χ3n) is 5.56. The van der Waals surface area contributed by atoms with E-state index >= 15 is 0 Å². The Bertz CT molecular complexity index is 1740. The number of carboxylic acid groups (broad SMARTS) is 1. The molecule has 10 heteroatoms. The van der Waals surface area contributed by atoms with Gasteiger partial charge in [0.1, 0.15) is 17.5 Å². The Morgan fingerprint density at radius 1 is 0.973 bits per heavy atom. The molecule has 0 aliphatic carbocycles. The Morgan fingerprint density at radius 3 is 2.59 bits per heavy atom. The number of para-hydroxylation sites is 2. The van der Waals surface area contributed by atoms with Gasteiger partial charge in [0.05, 0.1) is 23.0 Å². The number of pyridine rings is 1. The van der Waals surface area contributed by atoms with Crippen LogP contribution in [0.15, 0.2) is 95.4 Å². The zero-order valence-corrected chi connectivity index (χ0v) is 19.0. The van der Waals surface area contributed by atoms with E-state index in [0.717, 1.165) is 0 Å². The molecule has 37 heavy (non-hydrogen) atoms. The second-order valence-corrected chi connectivity index (χ2v) is 7.84. The van der Waals surface area contributed by atoms with Crippen molar-refractivity contribution in [2.75, 3.05) is 0 Å². The summed E-state index contributed by atoms with van der Waals surface area (Å²) in [5.74, 6) is -0.298. The average Bonchev–Trinajstić information content (AvgIpc) is 3.19. The highest BCUT2D eigenvalue weighted by atomic mass is 16.7. The van der Waals surface area contributed by atoms with E-state index in [4.69, 9.17) is 9.84 Å². The minimum Gasteiger partial charge on any atom is -0.505 e. The number of azo groups is 1. The molecule has 5 aromatic rings. The number of ether oxygens (including phenoxy) is 1. The molecular formula is C27H17N5O5. The van der Waals surface area contributed by atoms with E-state index in [1.54, 1.807) is 60.7 Å². The van der Waals surface area contributed by atoms with Gasteiger partial charge in [0, 0.05) is 17.1 Å². The number of phenols is 1. The Hall–Kier alpha value is -5.69. The predicted octanol–water partition coefficient (Wildman–Crippen LogP) is 6.45. The highest BCUT2D eigenvalue weighted by Crippen LogP contribution is 2.43. The van der Waals surface area contributed by atoms with Gasteiger partial charge >= 0.3 is 6.16 Å². The molecule has 0 fully saturated rings. The third-order valence-corrected chi connectivity index (χ3v) is 5.56. The molecule has 2 heterocycles. The number of nitrogens with zero attached hydrogens (tertiary/aromatic N) is 5. The van der Waals surface area contributed by atoms with E-state index in [1.165, 1.54) is 29.1 Å². The maximum Gasteiger partial charge on any atom is 0.511 e. The van der Waals surface area contributed by atoms with Crippen molar-refractivity contribution in [2.24, 2.45) is 10.2 Å². The average molecular weight is 491 g/mol. The van der Waals surface area contributed by atoms with Crippen LogP contribution in [0.1, 0.15) is 5.56 Å². The van der Waals surface area contributed by atoms with Gasteiger partial charge in [0.15, 0.2) is 11.4 Å². The van der Waals surface area contributed by atoms with Crippen LogP contribution >= 0.6 is 0 Å². The largest absolute Gasteiger partial charge is 0.511 e. The lowest BCUT2D eigenvalue weighted by Gasteiger charge is -2.08. The van der Waals surface area contributed by atoms with Crippen molar-refractivity contribution in [1.82, 2.24) is 9.55 Å². The van der Waals surface area contributed by atoms with Crippen molar-refractivity contribution in [3.8, 4) is 40.3 Å². The molecule has 3 aromatic carbocycles. The van der Waals surface area contributed by atoms with E-state index in [0.29, 0.717) is 33.3 Å². The molecule has 0 bridgehead atoms. The summed E-state index contributed by atoms with van der Waals surface area (Å²) in [5.41, 5.74) is 2.63. The molecular weight excluding hydrogens is 474 g/mol. The minimum atomic E-state index is -1.45. The van der Waals surface area contributed by atoms with Crippen LogP contribution in [-0.4, -0.2) is 31.0 Å². The maximum atomic E-state index is 11.1. The predicted molar refractivity (Wildman–Crippen MR) is 134 cm³/mol. The number of hydrogen-bond acceptors (Lipinski definition) is 8. The van der Waals surface area contributed by atoms with Crippen LogP contribution < -0.4 is 4.74 Å². The lowest BCUT2D eigenvalue weighted by molar-refractivity contribution is 0.144. The van der Waals surface area contributed by atoms with E-state index in [1.807, 2.05) is 6.07 Å². The molecule has 2 aromatic heterocycles. The Kier molecular flexibility index (Phi) is 5.93. The van der Waals surface area contributed by atoms with Crippen LogP contribution in [0, 0.1) is 11.3 Å². The standard InChI is InChI=1S/C27H17N5O5/c28-13-16-11-18(15-29-14-16)32-23-10-2-1-7-21(23)24(26(32)34)31-30-22-9-4-8-20(25(22)33)17-5-3-6-19(12-17)37-27(35)36/h1-12,14-15,33-34H,(H,35,36). The summed E-state index contributed by atoms with van der Waals surface area (Å²) in [4.78, 5) is 14.9. The van der Waals surface area contributed by atoms with Crippen LogP contribution in [0.25, 0.3) is 27.7 Å². The summed E-state index contributed by atoms with van der Waals surface area (Å²) in [6, 6.07) is 21.9. The fourth-order valence-electron chi connectivity index (χ4n) is 3.96. The van der Waals surface area contributed by atoms with E-state index in [2.05, 4.69) is 15.2 Å². The molecule has 5 rings (SSSR count). The highest BCUT2D eigenvalue weighted by Gasteiger charge is 2.19. The molecule has 0 radical (unpaired) electrons. The number of fused-ring (bicyclic) bond motifs is 1. The van der Waals surface area contributed by atoms with E-state index in [9.17, 15) is 20.3 Å². The first-order valence-electron chi connectivity index (χ1n) is 10.9. The quantitative estimate of drug-likeness (QED) is 0.145. The molecule has 0 saturated carbocycles. The zero-order valence-electron chi connectivity index (χ0n) is 19.0. The van der Waals surface area contributed by atoms with Crippen LogP contribution in [0.3, 0.4) is 0 Å². The van der Waals surface area contributed by atoms with Gasteiger partial charge < -0.3 is 20.1 Å². The van der Waals surface area contributed by atoms with Gasteiger partial charge in [-0.3, -0.25) is 9.55 Å². The molecule has 0 saturated heterocycles. The summed E-state index contributed by atoms with van der Waals surface area (Å²) in [7, 11) is 0. The van der Waals surface area contributed by atoms with Gasteiger partial charge in [0.2, 0.25) is 5.88 Å². The number of benzene rings is 3. The fourth-order valence-corrected chi connectivity index (χ4v) is 3.96. The van der Waals surface area contributed by atoms with Crippen molar-refractivity contribution in [1.29, 1.82) is 5.26 Å². The summed E-state index contributed by atoms with van der Waals surface area (Å²) in [6.45, 7) is 0. The van der Waals surface area contributed by atoms with Crippen LogP contribution in [0.2, 0.25) is 0 Å².